The molecule has 0 heterocycles. The summed E-state index contributed by atoms with van der Waals surface area (Å²) in [7, 11) is 0. The molecular weight excluding hydrogens is 280 g/mol. The van der Waals surface area contributed by atoms with Crippen LogP contribution in [0.1, 0.15) is 78.6 Å². The van der Waals surface area contributed by atoms with Gasteiger partial charge >= 0.3 is 0 Å². The fraction of sp³-hybridized carbons (Fsp3) is 0.737. The highest BCUT2D eigenvalue weighted by molar-refractivity contribution is 6.31. The molecule has 0 fully saturated rings. The molecule has 0 N–H and O–H groups in total. The molecule has 0 rings (SSSR count). The highest BCUT2D eigenvalue weighted by Crippen LogP contribution is 2.23. The van der Waals surface area contributed by atoms with Crippen molar-refractivity contribution in [2.45, 2.75) is 78.6 Å². The zero-order chi connectivity index (χ0) is 16.1. The average molecular weight is 311 g/mol. The minimum absolute atomic E-state index is 0.167. The standard InChI is InChI=1S/C19H31ClO/c1-5-8-11-17(12-9-6-2)19(21)18(13-10-7-3)15-14-16(4)20/h17-18H,4-13H2,1-3H3. The van der Waals surface area contributed by atoms with Gasteiger partial charge in [-0.3, -0.25) is 4.79 Å². The normalized spacial score (nSPS) is 11.9. The molecule has 0 aromatic heterocycles. The fourth-order valence-corrected chi connectivity index (χ4v) is 2.53. The molecule has 21 heavy (non-hydrogen) atoms. The van der Waals surface area contributed by atoms with Crippen molar-refractivity contribution < 1.29 is 4.79 Å². The predicted molar refractivity (Wildman–Crippen MR) is 93.3 cm³/mol. The monoisotopic (exact) mass is 310 g/mol. The number of carbonyl (C=O) groups excluding carboxylic acids is 1. The van der Waals surface area contributed by atoms with E-state index in [0.29, 0.717) is 10.8 Å². The summed E-state index contributed by atoms with van der Waals surface area (Å²) in [6.07, 6.45) is 9.49. The van der Waals surface area contributed by atoms with Crippen LogP contribution in [0.3, 0.4) is 0 Å². The number of hydrogen-bond donors (Lipinski definition) is 0. The van der Waals surface area contributed by atoms with E-state index >= 15 is 0 Å². The van der Waals surface area contributed by atoms with Crippen LogP contribution in [0.15, 0.2) is 11.6 Å². The van der Waals surface area contributed by atoms with Crippen LogP contribution in [-0.2, 0) is 4.79 Å². The van der Waals surface area contributed by atoms with Gasteiger partial charge in [0.2, 0.25) is 0 Å². The van der Waals surface area contributed by atoms with Crippen LogP contribution in [0.2, 0.25) is 0 Å². The van der Waals surface area contributed by atoms with Gasteiger partial charge in [0, 0.05) is 5.92 Å². The van der Waals surface area contributed by atoms with E-state index in [0.717, 1.165) is 57.8 Å². The molecule has 0 saturated carbocycles. The summed E-state index contributed by atoms with van der Waals surface area (Å²) in [5, 5.41) is 0.322. The lowest BCUT2D eigenvalue weighted by atomic mass is 9.83. The van der Waals surface area contributed by atoms with Gasteiger partial charge in [-0.15, -0.1) is 0 Å². The zero-order valence-corrected chi connectivity index (χ0v) is 14.8. The van der Waals surface area contributed by atoms with Crippen molar-refractivity contribution in [2.24, 2.45) is 11.8 Å². The van der Waals surface area contributed by atoms with Crippen molar-refractivity contribution in [1.82, 2.24) is 0 Å². The van der Waals surface area contributed by atoms with Crippen molar-refractivity contribution in [1.29, 1.82) is 0 Å². The number of allylic oxidation sites excluding steroid dienone is 1. The molecule has 0 radical (unpaired) electrons. The van der Waals surface area contributed by atoms with Gasteiger partial charge in [-0.25, -0.2) is 0 Å². The lowest BCUT2D eigenvalue weighted by Gasteiger charge is -2.19. The Bertz CT molecular complexity index is 353. The first-order chi connectivity index (χ1) is 10.1. The summed E-state index contributed by atoms with van der Waals surface area (Å²) in [5.41, 5.74) is 0. The summed E-state index contributed by atoms with van der Waals surface area (Å²) >= 11 is 5.73. The Hall–Kier alpha value is -0.740. The number of rotatable bonds is 11. The fourth-order valence-electron chi connectivity index (χ4n) is 2.47. The minimum atomic E-state index is -0.167. The molecule has 1 unspecified atom stereocenters. The maximum atomic E-state index is 12.8. The lowest BCUT2D eigenvalue weighted by molar-refractivity contribution is -0.125. The van der Waals surface area contributed by atoms with Crippen molar-refractivity contribution in [3.63, 3.8) is 0 Å². The first-order valence-corrected chi connectivity index (χ1v) is 8.84. The largest absolute Gasteiger partial charge is 0.298 e. The molecule has 0 aliphatic carbocycles. The van der Waals surface area contributed by atoms with E-state index in [9.17, 15) is 4.79 Å². The van der Waals surface area contributed by atoms with Gasteiger partial charge in [0.05, 0.1) is 11.0 Å². The Labute approximate surface area is 136 Å². The lowest BCUT2D eigenvalue weighted by Crippen LogP contribution is -2.23. The van der Waals surface area contributed by atoms with E-state index in [2.05, 4.69) is 39.2 Å². The van der Waals surface area contributed by atoms with Crippen LogP contribution in [-0.4, -0.2) is 5.78 Å². The minimum Gasteiger partial charge on any atom is -0.298 e. The molecule has 0 saturated heterocycles. The van der Waals surface area contributed by atoms with Gasteiger partial charge in [0.1, 0.15) is 0 Å². The van der Waals surface area contributed by atoms with E-state index in [-0.39, 0.29) is 11.8 Å². The highest BCUT2D eigenvalue weighted by Gasteiger charge is 2.24. The number of carbonyl (C=O) groups is 1. The smallest absolute Gasteiger partial charge is 0.150 e. The van der Waals surface area contributed by atoms with E-state index in [1.165, 1.54) is 0 Å². The second kappa shape index (κ2) is 13.0. The van der Waals surface area contributed by atoms with Gasteiger partial charge in [-0.1, -0.05) is 89.3 Å². The summed E-state index contributed by atoms with van der Waals surface area (Å²) < 4.78 is 0. The van der Waals surface area contributed by atoms with Crippen molar-refractivity contribution in [2.75, 3.05) is 0 Å². The molecule has 0 spiro atoms. The van der Waals surface area contributed by atoms with Crippen LogP contribution in [0.4, 0.5) is 0 Å². The van der Waals surface area contributed by atoms with Crippen molar-refractivity contribution in [3.8, 4) is 11.8 Å². The SMILES string of the molecule is C=C(Cl)C#CC(CCCC)C(=O)C(CCCC)CCCC. The Morgan fingerprint density at radius 2 is 1.48 bits per heavy atom. The molecule has 0 aromatic carbocycles. The Balaban J connectivity index is 4.89. The zero-order valence-electron chi connectivity index (χ0n) is 14.0. The van der Waals surface area contributed by atoms with Gasteiger partial charge in [0.25, 0.3) is 0 Å². The summed E-state index contributed by atoms with van der Waals surface area (Å²) in [5.74, 6) is 6.19. The maximum absolute atomic E-state index is 12.8. The van der Waals surface area contributed by atoms with E-state index in [1.807, 2.05) is 0 Å². The number of Topliss-reactive ketones (excluding diaryl/α,β-unsaturated/α-hetero) is 1. The number of unbranched alkanes of at least 4 members (excludes halogenated alkanes) is 3. The molecular formula is C19H31ClO. The molecule has 0 bridgehead atoms. The predicted octanol–water partition coefficient (Wildman–Crippen LogP) is 6.11. The quantitative estimate of drug-likeness (QED) is 0.420. The van der Waals surface area contributed by atoms with E-state index in [1.54, 1.807) is 0 Å². The van der Waals surface area contributed by atoms with Gasteiger partial charge < -0.3 is 0 Å². The van der Waals surface area contributed by atoms with Crippen LogP contribution in [0, 0.1) is 23.7 Å². The highest BCUT2D eigenvalue weighted by atomic mass is 35.5. The third-order valence-corrected chi connectivity index (χ3v) is 3.88. The first-order valence-electron chi connectivity index (χ1n) is 8.46. The second-order valence-electron chi connectivity index (χ2n) is 5.75. The number of halogens is 1. The third kappa shape index (κ3) is 9.75. The van der Waals surface area contributed by atoms with Crippen LogP contribution in [0.5, 0.6) is 0 Å². The Morgan fingerprint density at radius 1 is 1.00 bits per heavy atom. The second-order valence-corrected chi connectivity index (χ2v) is 6.21. The van der Waals surface area contributed by atoms with Crippen LogP contribution < -0.4 is 0 Å². The molecule has 0 aliphatic heterocycles. The number of ketones is 1. The molecule has 2 heteroatoms. The third-order valence-electron chi connectivity index (χ3n) is 3.79. The molecule has 120 valence electrons. The van der Waals surface area contributed by atoms with Crippen LogP contribution >= 0.6 is 11.6 Å². The molecule has 0 aromatic rings. The Kier molecular flexibility index (Phi) is 12.5. The van der Waals surface area contributed by atoms with Crippen molar-refractivity contribution >= 4 is 17.4 Å². The average Bonchev–Trinajstić information content (AvgIpc) is 2.46. The summed E-state index contributed by atoms with van der Waals surface area (Å²) in [6, 6.07) is 0. The van der Waals surface area contributed by atoms with Crippen molar-refractivity contribution in [3.05, 3.63) is 11.6 Å². The first kappa shape index (κ1) is 20.3. The number of hydrogen-bond acceptors (Lipinski definition) is 1. The van der Waals surface area contributed by atoms with Gasteiger partial charge in [-0.2, -0.15) is 0 Å². The van der Waals surface area contributed by atoms with Crippen LogP contribution in [0.25, 0.3) is 0 Å². The molecule has 0 aliphatic rings. The van der Waals surface area contributed by atoms with E-state index in [4.69, 9.17) is 11.6 Å². The Morgan fingerprint density at radius 3 is 1.90 bits per heavy atom. The maximum Gasteiger partial charge on any atom is 0.150 e. The topological polar surface area (TPSA) is 17.1 Å². The van der Waals surface area contributed by atoms with E-state index < -0.39 is 0 Å². The summed E-state index contributed by atoms with van der Waals surface area (Å²) in [4.78, 5) is 12.8. The van der Waals surface area contributed by atoms with Gasteiger partial charge in [-0.05, 0) is 19.3 Å². The molecule has 0 amide bonds. The summed E-state index contributed by atoms with van der Waals surface area (Å²) in [6.45, 7) is 10.1. The van der Waals surface area contributed by atoms with Gasteiger partial charge in [0.15, 0.2) is 5.78 Å². The molecule has 1 atom stereocenters. The molecule has 1 nitrogen and oxygen atoms in total.